The summed E-state index contributed by atoms with van der Waals surface area (Å²) in [5, 5.41) is 5.82. The van der Waals surface area contributed by atoms with Crippen LogP contribution in [0.25, 0.3) is 0 Å². The molecular formula is C23H27ClN2O4. The van der Waals surface area contributed by atoms with Gasteiger partial charge in [0.15, 0.2) is 6.61 Å². The first-order chi connectivity index (χ1) is 14.1. The number of amides is 2. The van der Waals surface area contributed by atoms with Gasteiger partial charge in [0.2, 0.25) is 0 Å². The summed E-state index contributed by atoms with van der Waals surface area (Å²) in [6.45, 7) is 5.98. The molecule has 2 amide bonds. The molecule has 2 aromatic carbocycles. The summed E-state index contributed by atoms with van der Waals surface area (Å²) in [6, 6.07) is 14.6. The van der Waals surface area contributed by atoms with Crippen LogP contribution in [0.5, 0.6) is 0 Å². The minimum absolute atomic E-state index is 0.00575. The van der Waals surface area contributed by atoms with Crippen molar-refractivity contribution in [2.45, 2.75) is 32.6 Å². The van der Waals surface area contributed by atoms with Crippen molar-refractivity contribution >= 4 is 29.4 Å². The minimum Gasteiger partial charge on any atom is -0.454 e. The first-order valence-electron chi connectivity index (χ1n) is 9.70. The summed E-state index contributed by atoms with van der Waals surface area (Å²) in [5.41, 5.74) is 2.60. The van der Waals surface area contributed by atoms with Gasteiger partial charge >= 0.3 is 5.97 Å². The molecule has 0 aliphatic rings. The van der Waals surface area contributed by atoms with E-state index >= 15 is 0 Å². The SMILES string of the molecule is CC(C)(C)c1ccc(C(=O)NCC(=O)OCC(=O)NCCc2ccc(Cl)cc2)cc1. The van der Waals surface area contributed by atoms with Crippen LogP contribution in [-0.4, -0.2) is 37.5 Å². The lowest BCUT2D eigenvalue weighted by molar-refractivity contribution is -0.147. The van der Waals surface area contributed by atoms with Crippen LogP contribution in [0.1, 0.15) is 42.3 Å². The number of hydrogen-bond donors (Lipinski definition) is 2. The molecule has 0 fully saturated rings. The number of halogens is 1. The maximum Gasteiger partial charge on any atom is 0.325 e. The largest absolute Gasteiger partial charge is 0.454 e. The number of carbonyl (C=O) groups is 3. The molecule has 0 unspecified atom stereocenters. The van der Waals surface area contributed by atoms with Crippen molar-refractivity contribution in [3.8, 4) is 0 Å². The molecule has 2 N–H and O–H groups in total. The Labute approximate surface area is 182 Å². The van der Waals surface area contributed by atoms with E-state index in [2.05, 4.69) is 31.4 Å². The summed E-state index contributed by atoms with van der Waals surface area (Å²) >= 11 is 5.83. The Morgan fingerprint density at radius 3 is 2.17 bits per heavy atom. The Bertz CT molecular complexity index is 872. The van der Waals surface area contributed by atoms with Crippen LogP contribution in [0.4, 0.5) is 0 Å². The number of benzene rings is 2. The number of ether oxygens (including phenoxy) is 1. The van der Waals surface area contributed by atoms with Crippen molar-refractivity contribution in [2.24, 2.45) is 0 Å². The third-order valence-electron chi connectivity index (χ3n) is 4.42. The average Bonchev–Trinajstić information content (AvgIpc) is 2.71. The Morgan fingerprint density at radius 1 is 0.933 bits per heavy atom. The standard InChI is InChI=1S/C23H27ClN2O4/c1-23(2,3)18-8-6-17(7-9-18)22(29)26-14-21(28)30-15-20(27)25-13-12-16-4-10-19(24)11-5-16/h4-11H,12-15H2,1-3H3,(H,25,27)(H,26,29). The Kier molecular flexibility index (Phi) is 8.42. The fourth-order valence-electron chi connectivity index (χ4n) is 2.62. The molecule has 7 heteroatoms. The highest BCUT2D eigenvalue weighted by molar-refractivity contribution is 6.30. The number of rotatable bonds is 8. The predicted octanol–water partition coefficient (Wildman–Crippen LogP) is 3.27. The molecule has 0 aliphatic heterocycles. The summed E-state index contributed by atoms with van der Waals surface area (Å²) in [7, 11) is 0. The second kappa shape index (κ2) is 10.8. The Hall–Kier alpha value is -2.86. The third kappa shape index (κ3) is 7.87. The normalized spacial score (nSPS) is 10.9. The van der Waals surface area contributed by atoms with Gasteiger partial charge in [0, 0.05) is 17.1 Å². The van der Waals surface area contributed by atoms with Gasteiger partial charge in [0.1, 0.15) is 6.54 Å². The molecule has 6 nitrogen and oxygen atoms in total. The van der Waals surface area contributed by atoms with Crippen LogP contribution in [0.3, 0.4) is 0 Å². The fraction of sp³-hybridized carbons (Fsp3) is 0.348. The van der Waals surface area contributed by atoms with Gasteiger partial charge in [-0.2, -0.15) is 0 Å². The quantitative estimate of drug-likeness (QED) is 0.629. The van der Waals surface area contributed by atoms with Crippen LogP contribution >= 0.6 is 11.6 Å². The van der Waals surface area contributed by atoms with Gasteiger partial charge in [-0.25, -0.2) is 0 Å². The summed E-state index contributed by atoms with van der Waals surface area (Å²) in [4.78, 5) is 35.7. The molecule has 0 atom stereocenters. The lowest BCUT2D eigenvalue weighted by atomic mass is 9.87. The van der Waals surface area contributed by atoms with Gasteiger partial charge in [-0.05, 0) is 47.2 Å². The lowest BCUT2D eigenvalue weighted by Gasteiger charge is -2.19. The molecule has 0 saturated carbocycles. The van der Waals surface area contributed by atoms with Gasteiger partial charge in [-0.3, -0.25) is 14.4 Å². The molecule has 0 spiro atoms. The Morgan fingerprint density at radius 2 is 1.57 bits per heavy atom. The van der Waals surface area contributed by atoms with Crippen LogP contribution in [0, 0.1) is 0 Å². The molecule has 0 heterocycles. The molecule has 2 rings (SSSR count). The van der Waals surface area contributed by atoms with Gasteiger partial charge in [0.25, 0.3) is 11.8 Å². The first-order valence-corrected chi connectivity index (χ1v) is 10.1. The zero-order valence-electron chi connectivity index (χ0n) is 17.5. The lowest BCUT2D eigenvalue weighted by Crippen LogP contribution is -2.34. The number of hydrogen-bond acceptors (Lipinski definition) is 4. The zero-order chi connectivity index (χ0) is 22.1. The predicted molar refractivity (Wildman–Crippen MR) is 117 cm³/mol. The number of carbonyl (C=O) groups excluding carboxylic acids is 3. The highest BCUT2D eigenvalue weighted by Crippen LogP contribution is 2.22. The monoisotopic (exact) mass is 430 g/mol. The minimum atomic E-state index is -0.678. The van der Waals surface area contributed by atoms with E-state index in [1.165, 1.54) is 0 Å². The van der Waals surface area contributed by atoms with E-state index in [4.69, 9.17) is 16.3 Å². The van der Waals surface area contributed by atoms with Gasteiger partial charge in [-0.1, -0.05) is 56.6 Å². The molecule has 160 valence electrons. The summed E-state index contributed by atoms with van der Waals surface area (Å²) < 4.78 is 4.89. The van der Waals surface area contributed by atoms with E-state index < -0.39 is 18.5 Å². The van der Waals surface area contributed by atoms with E-state index in [-0.39, 0.29) is 17.9 Å². The van der Waals surface area contributed by atoms with Gasteiger partial charge in [0.05, 0.1) is 0 Å². The van der Waals surface area contributed by atoms with E-state index in [0.29, 0.717) is 23.6 Å². The van der Waals surface area contributed by atoms with Gasteiger partial charge in [-0.15, -0.1) is 0 Å². The fourth-order valence-corrected chi connectivity index (χ4v) is 2.75. The summed E-state index contributed by atoms with van der Waals surface area (Å²) in [5.74, 6) is -1.45. The van der Waals surface area contributed by atoms with Crippen molar-refractivity contribution in [1.82, 2.24) is 10.6 Å². The van der Waals surface area contributed by atoms with Crippen molar-refractivity contribution in [1.29, 1.82) is 0 Å². The van der Waals surface area contributed by atoms with Crippen LogP contribution < -0.4 is 10.6 Å². The first kappa shape index (κ1) is 23.4. The van der Waals surface area contributed by atoms with Crippen molar-refractivity contribution in [2.75, 3.05) is 19.7 Å². The zero-order valence-corrected chi connectivity index (χ0v) is 18.2. The molecule has 0 bridgehead atoms. The highest BCUT2D eigenvalue weighted by Gasteiger charge is 2.15. The smallest absolute Gasteiger partial charge is 0.325 e. The van der Waals surface area contributed by atoms with Crippen molar-refractivity contribution < 1.29 is 19.1 Å². The summed E-state index contributed by atoms with van der Waals surface area (Å²) in [6.07, 6.45) is 0.640. The van der Waals surface area contributed by atoms with Crippen LogP contribution in [-0.2, 0) is 26.2 Å². The van der Waals surface area contributed by atoms with E-state index in [9.17, 15) is 14.4 Å². The number of nitrogens with one attached hydrogen (secondary N) is 2. The van der Waals surface area contributed by atoms with Crippen molar-refractivity contribution in [3.05, 3.63) is 70.2 Å². The molecule has 2 aromatic rings. The van der Waals surface area contributed by atoms with E-state index in [1.807, 2.05) is 24.3 Å². The molecule has 0 aliphatic carbocycles. The Balaban J connectivity index is 1.65. The molecule has 30 heavy (non-hydrogen) atoms. The van der Waals surface area contributed by atoms with E-state index in [0.717, 1.165) is 11.1 Å². The molecule has 0 aromatic heterocycles. The molecular weight excluding hydrogens is 404 g/mol. The molecule has 0 saturated heterocycles. The van der Waals surface area contributed by atoms with Crippen LogP contribution in [0.2, 0.25) is 5.02 Å². The molecule has 0 radical (unpaired) electrons. The van der Waals surface area contributed by atoms with Crippen LogP contribution in [0.15, 0.2) is 48.5 Å². The topological polar surface area (TPSA) is 84.5 Å². The van der Waals surface area contributed by atoms with Crippen molar-refractivity contribution in [3.63, 3.8) is 0 Å². The average molecular weight is 431 g/mol. The third-order valence-corrected chi connectivity index (χ3v) is 4.67. The van der Waals surface area contributed by atoms with Gasteiger partial charge < -0.3 is 15.4 Å². The van der Waals surface area contributed by atoms with E-state index in [1.54, 1.807) is 24.3 Å². The highest BCUT2D eigenvalue weighted by atomic mass is 35.5. The maximum absolute atomic E-state index is 12.1. The maximum atomic E-state index is 12.1. The number of esters is 1. The second-order valence-electron chi connectivity index (χ2n) is 7.90. The second-order valence-corrected chi connectivity index (χ2v) is 8.33.